The van der Waals surface area contributed by atoms with Crippen molar-refractivity contribution >= 4 is 5.69 Å². The molecule has 1 rings (SSSR count). The van der Waals surface area contributed by atoms with E-state index in [1.54, 1.807) is 0 Å². The third-order valence-electron chi connectivity index (χ3n) is 2.56. The van der Waals surface area contributed by atoms with E-state index < -0.39 is 0 Å². The Hall–Kier alpha value is -1.62. The summed E-state index contributed by atoms with van der Waals surface area (Å²) in [4.78, 5) is 10.3. The third kappa shape index (κ3) is 4.00. The quantitative estimate of drug-likeness (QED) is 0.480. The molecular formula is C13H20N2O3. The van der Waals surface area contributed by atoms with E-state index in [9.17, 15) is 10.1 Å². The van der Waals surface area contributed by atoms with E-state index in [1.807, 2.05) is 13.8 Å². The maximum Gasteiger partial charge on any atom is 0.270 e. The maximum atomic E-state index is 10.7. The van der Waals surface area contributed by atoms with Crippen molar-refractivity contribution < 1.29 is 9.66 Å². The molecule has 0 unspecified atom stereocenters. The highest BCUT2D eigenvalue weighted by Gasteiger charge is 2.12. The molecule has 0 aliphatic rings. The van der Waals surface area contributed by atoms with Gasteiger partial charge in [0.15, 0.2) is 0 Å². The monoisotopic (exact) mass is 252 g/mol. The summed E-state index contributed by atoms with van der Waals surface area (Å²) >= 11 is 0. The van der Waals surface area contributed by atoms with E-state index in [2.05, 4.69) is 19.2 Å². The number of nitrogens with zero attached hydrogens (tertiary/aromatic N) is 1. The van der Waals surface area contributed by atoms with Crippen molar-refractivity contribution in [1.82, 2.24) is 5.32 Å². The molecule has 0 saturated carbocycles. The summed E-state index contributed by atoms with van der Waals surface area (Å²) in [5.41, 5.74) is 1.70. The second-order valence-electron chi connectivity index (χ2n) is 4.62. The summed E-state index contributed by atoms with van der Waals surface area (Å²) in [5.74, 6) is 0.742. The Labute approximate surface area is 107 Å². The first-order chi connectivity index (χ1) is 8.41. The molecule has 1 aromatic carbocycles. The molecular weight excluding hydrogens is 232 g/mol. The van der Waals surface area contributed by atoms with E-state index in [-0.39, 0.29) is 10.6 Å². The topological polar surface area (TPSA) is 64.4 Å². The fourth-order valence-corrected chi connectivity index (χ4v) is 1.76. The van der Waals surface area contributed by atoms with Gasteiger partial charge in [-0.15, -0.1) is 0 Å². The van der Waals surface area contributed by atoms with Gasteiger partial charge in [0.25, 0.3) is 5.69 Å². The first kappa shape index (κ1) is 14.4. The lowest BCUT2D eigenvalue weighted by molar-refractivity contribution is -0.385. The lowest BCUT2D eigenvalue weighted by Crippen LogP contribution is -2.27. The van der Waals surface area contributed by atoms with Gasteiger partial charge < -0.3 is 10.1 Å². The molecule has 0 fully saturated rings. The molecule has 0 aliphatic heterocycles. The predicted octanol–water partition coefficient (Wildman–Crippen LogP) is 2.59. The van der Waals surface area contributed by atoms with Crippen molar-refractivity contribution in [3.8, 4) is 5.75 Å². The van der Waals surface area contributed by atoms with E-state index in [1.165, 1.54) is 12.1 Å². The first-order valence-corrected chi connectivity index (χ1v) is 6.03. The minimum atomic E-state index is -0.385. The zero-order valence-electron chi connectivity index (χ0n) is 11.3. The standard InChI is InChI=1S/C13H20N2O3/c1-9(2)14-5-6-18-13-10(3)7-12(15(16)17)8-11(13)4/h7-9,14H,5-6H2,1-4H3. The first-order valence-electron chi connectivity index (χ1n) is 6.03. The SMILES string of the molecule is Cc1cc([N+](=O)[O-])cc(C)c1OCCNC(C)C. The fourth-order valence-electron chi connectivity index (χ4n) is 1.76. The van der Waals surface area contributed by atoms with Gasteiger partial charge >= 0.3 is 0 Å². The molecule has 0 bridgehead atoms. The largest absolute Gasteiger partial charge is 0.492 e. The number of nitrogens with one attached hydrogen (secondary N) is 1. The highest BCUT2D eigenvalue weighted by atomic mass is 16.6. The van der Waals surface area contributed by atoms with Gasteiger partial charge in [-0.25, -0.2) is 0 Å². The smallest absolute Gasteiger partial charge is 0.270 e. The van der Waals surface area contributed by atoms with Crippen molar-refractivity contribution in [2.45, 2.75) is 33.7 Å². The van der Waals surface area contributed by atoms with Gasteiger partial charge in [-0.05, 0) is 25.0 Å². The Balaban J connectivity index is 2.69. The number of non-ortho nitro benzene ring substituents is 1. The van der Waals surface area contributed by atoms with Gasteiger partial charge in [0.1, 0.15) is 12.4 Å². The molecule has 0 amide bonds. The number of aryl methyl sites for hydroxylation is 2. The maximum absolute atomic E-state index is 10.7. The number of rotatable bonds is 6. The molecule has 0 spiro atoms. The van der Waals surface area contributed by atoms with Crippen LogP contribution in [0.4, 0.5) is 5.69 Å². The van der Waals surface area contributed by atoms with Gasteiger partial charge in [-0.3, -0.25) is 10.1 Å². The van der Waals surface area contributed by atoms with Gasteiger partial charge in [-0.2, -0.15) is 0 Å². The van der Waals surface area contributed by atoms with E-state index in [4.69, 9.17) is 4.74 Å². The van der Waals surface area contributed by atoms with Crippen LogP contribution in [0.1, 0.15) is 25.0 Å². The molecule has 5 heteroatoms. The van der Waals surface area contributed by atoms with Crippen molar-refractivity contribution in [2.24, 2.45) is 0 Å². The van der Waals surface area contributed by atoms with Crippen molar-refractivity contribution in [3.05, 3.63) is 33.4 Å². The molecule has 0 radical (unpaired) electrons. The summed E-state index contributed by atoms with van der Waals surface area (Å²) in [6.07, 6.45) is 0. The highest BCUT2D eigenvalue weighted by molar-refractivity contribution is 5.48. The van der Waals surface area contributed by atoms with Crippen LogP contribution >= 0.6 is 0 Å². The van der Waals surface area contributed by atoms with Gasteiger partial charge in [0, 0.05) is 24.7 Å². The zero-order chi connectivity index (χ0) is 13.7. The normalized spacial score (nSPS) is 10.7. The lowest BCUT2D eigenvalue weighted by atomic mass is 10.1. The minimum absolute atomic E-state index is 0.109. The Morgan fingerprint density at radius 2 is 1.89 bits per heavy atom. The second kappa shape index (κ2) is 6.35. The number of benzene rings is 1. The predicted molar refractivity (Wildman–Crippen MR) is 71.2 cm³/mol. The van der Waals surface area contributed by atoms with Crippen molar-refractivity contribution in [2.75, 3.05) is 13.2 Å². The van der Waals surface area contributed by atoms with Crippen LogP contribution in [0.5, 0.6) is 5.75 Å². The average molecular weight is 252 g/mol. The summed E-state index contributed by atoms with van der Waals surface area (Å²) in [6, 6.07) is 3.50. The lowest BCUT2D eigenvalue weighted by Gasteiger charge is -2.13. The van der Waals surface area contributed by atoms with Crippen LogP contribution in [0.25, 0.3) is 0 Å². The Bertz CT molecular complexity index is 407. The van der Waals surface area contributed by atoms with Crippen LogP contribution in [0, 0.1) is 24.0 Å². The molecule has 5 nitrogen and oxygen atoms in total. The van der Waals surface area contributed by atoms with Gasteiger partial charge in [0.2, 0.25) is 0 Å². The molecule has 18 heavy (non-hydrogen) atoms. The van der Waals surface area contributed by atoms with E-state index in [0.717, 1.165) is 23.4 Å². The molecule has 100 valence electrons. The second-order valence-corrected chi connectivity index (χ2v) is 4.62. The molecule has 0 atom stereocenters. The van der Waals surface area contributed by atoms with Crippen LogP contribution in [-0.2, 0) is 0 Å². The van der Waals surface area contributed by atoms with Crippen molar-refractivity contribution in [3.63, 3.8) is 0 Å². The Morgan fingerprint density at radius 3 is 2.33 bits per heavy atom. The minimum Gasteiger partial charge on any atom is -0.492 e. The zero-order valence-corrected chi connectivity index (χ0v) is 11.3. The van der Waals surface area contributed by atoms with Gasteiger partial charge in [-0.1, -0.05) is 13.8 Å². The van der Waals surface area contributed by atoms with Crippen LogP contribution in [0.2, 0.25) is 0 Å². The number of ether oxygens (including phenoxy) is 1. The van der Waals surface area contributed by atoms with Gasteiger partial charge in [0.05, 0.1) is 4.92 Å². The molecule has 1 N–H and O–H groups in total. The molecule has 0 aliphatic carbocycles. The number of nitro benzene ring substituents is 1. The highest BCUT2D eigenvalue weighted by Crippen LogP contribution is 2.28. The number of nitro groups is 1. The van der Waals surface area contributed by atoms with Crippen LogP contribution in [-0.4, -0.2) is 24.1 Å². The number of hydrogen-bond acceptors (Lipinski definition) is 4. The average Bonchev–Trinajstić information content (AvgIpc) is 2.26. The third-order valence-corrected chi connectivity index (χ3v) is 2.56. The van der Waals surface area contributed by atoms with E-state index >= 15 is 0 Å². The summed E-state index contributed by atoms with van der Waals surface area (Å²) in [7, 11) is 0. The van der Waals surface area contributed by atoms with E-state index in [0.29, 0.717) is 12.6 Å². The van der Waals surface area contributed by atoms with Crippen LogP contribution in [0.15, 0.2) is 12.1 Å². The molecule has 1 aromatic rings. The molecule has 0 aromatic heterocycles. The number of hydrogen-bond donors (Lipinski definition) is 1. The summed E-state index contributed by atoms with van der Waals surface area (Å²) < 4.78 is 5.67. The van der Waals surface area contributed by atoms with Crippen LogP contribution in [0.3, 0.4) is 0 Å². The summed E-state index contributed by atoms with van der Waals surface area (Å²) in [5, 5.41) is 14.0. The molecule has 0 heterocycles. The van der Waals surface area contributed by atoms with Crippen molar-refractivity contribution in [1.29, 1.82) is 0 Å². The Kier molecular flexibility index (Phi) is 5.09. The molecule has 0 saturated heterocycles. The van der Waals surface area contributed by atoms with Crippen LogP contribution < -0.4 is 10.1 Å². The Morgan fingerprint density at radius 1 is 1.33 bits per heavy atom. The summed E-state index contributed by atoms with van der Waals surface area (Å²) in [6.45, 7) is 9.10. The fraction of sp³-hybridized carbons (Fsp3) is 0.538.